The molecular weight excluding hydrogens is 751 g/mol. The number of nitrogens with one attached hydrogen (secondary N) is 1. The fourth-order valence-corrected chi connectivity index (χ4v) is 6.68. The first-order valence-electron chi connectivity index (χ1n) is 20.0. The molecule has 0 spiro atoms. The van der Waals surface area contributed by atoms with Crippen LogP contribution < -0.4 is 10.1 Å². The second-order valence-corrected chi connectivity index (χ2v) is 16.4. The van der Waals surface area contributed by atoms with Gasteiger partial charge in [0.2, 0.25) is 0 Å². The highest BCUT2D eigenvalue weighted by Crippen LogP contribution is 2.37. The number of amides is 1. The molecule has 1 atom stereocenters. The first kappa shape index (κ1) is 41.1. The van der Waals surface area contributed by atoms with Crippen LogP contribution in [0.3, 0.4) is 0 Å². The Morgan fingerprint density at radius 1 is 0.700 bits per heavy atom. The van der Waals surface area contributed by atoms with Gasteiger partial charge in [-0.05, 0) is 77.3 Å². The highest BCUT2D eigenvalue weighted by Gasteiger charge is 2.25. The van der Waals surface area contributed by atoms with E-state index in [2.05, 4.69) is 5.32 Å². The lowest BCUT2D eigenvalue weighted by molar-refractivity contribution is 0.0484. The molecule has 2 aromatic heterocycles. The van der Waals surface area contributed by atoms with E-state index in [1.54, 1.807) is 6.20 Å². The maximum atomic E-state index is 13.7. The van der Waals surface area contributed by atoms with Crippen molar-refractivity contribution in [1.29, 1.82) is 0 Å². The molecule has 1 N–H and O–H groups in total. The average Bonchev–Trinajstić information content (AvgIpc) is 3.59. The number of aromatic nitrogens is 3. The predicted octanol–water partition coefficient (Wildman–Crippen LogP) is 11.2. The number of aliphatic imine (C=N–C) groups is 1. The molecule has 10 nitrogen and oxygen atoms in total. The highest BCUT2D eigenvalue weighted by molar-refractivity contribution is 6.15. The quantitative estimate of drug-likeness (QED) is 0.129. The third-order valence-electron chi connectivity index (χ3n) is 9.26. The van der Waals surface area contributed by atoms with Gasteiger partial charge >= 0.3 is 12.2 Å². The fraction of sp³-hybridized carbons (Fsp3) is 0.220. The van der Waals surface area contributed by atoms with Crippen molar-refractivity contribution in [2.75, 3.05) is 6.61 Å². The van der Waals surface area contributed by atoms with Crippen molar-refractivity contribution in [3.05, 3.63) is 168 Å². The second-order valence-electron chi connectivity index (χ2n) is 16.4. The van der Waals surface area contributed by atoms with Crippen molar-refractivity contribution in [3.8, 4) is 28.1 Å². The number of carbonyl (C=O) groups excluding carboxylic acids is 2. The number of nitrogens with zero attached hydrogens (tertiary/aromatic N) is 4. The molecule has 60 heavy (non-hydrogen) atoms. The minimum Gasteiger partial charge on any atom is -0.490 e. The Bertz CT molecular complexity index is 2550. The van der Waals surface area contributed by atoms with E-state index in [9.17, 15) is 9.59 Å². The number of rotatable bonds is 11. The van der Waals surface area contributed by atoms with Crippen LogP contribution in [0.2, 0.25) is 0 Å². The normalized spacial score (nSPS) is 12.0. The fourth-order valence-electron chi connectivity index (χ4n) is 6.68. The molecule has 0 aliphatic rings. The Kier molecular flexibility index (Phi) is 12.2. The lowest BCUT2D eigenvalue weighted by Gasteiger charge is -2.24. The summed E-state index contributed by atoms with van der Waals surface area (Å²) in [6.07, 6.45) is 1.08. The van der Waals surface area contributed by atoms with E-state index in [0.717, 1.165) is 39.1 Å². The zero-order valence-corrected chi connectivity index (χ0v) is 34.8. The summed E-state index contributed by atoms with van der Waals surface area (Å²) in [5.41, 5.74) is 5.88. The third-order valence-corrected chi connectivity index (χ3v) is 9.26. The number of hydrogen-bond acceptors (Lipinski definition) is 8. The molecule has 0 radical (unpaired) electrons. The van der Waals surface area contributed by atoms with Gasteiger partial charge in [-0.3, -0.25) is 4.98 Å². The van der Waals surface area contributed by atoms with Crippen LogP contribution in [0.15, 0.2) is 157 Å². The number of benzene rings is 5. The SMILES string of the molecule is CC(C)(C)OC(=O)N[C@@H](COc1cnc(-c2ccccc2)c(-c2ccc3c(c2)c(N=C(c2ccccc2)c2ccccc2)nn3C(=O)OC(C)(C)C)c1)Cc1ccccc1. The number of hydrogen-bond donors (Lipinski definition) is 1. The van der Waals surface area contributed by atoms with Crippen molar-refractivity contribution >= 4 is 34.6 Å². The summed E-state index contributed by atoms with van der Waals surface area (Å²) < 4.78 is 19.1. The van der Waals surface area contributed by atoms with Gasteiger partial charge in [-0.25, -0.2) is 14.6 Å². The van der Waals surface area contributed by atoms with Crippen LogP contribution >= 0.6 is 0 Å². The molecule has 0 unspecified atom stereocenters. The predicted molar refractivity (Wildman–Crippen MR) is 237 cm³/mol. The van der Waals surface area contributed by atoms with E-state index >= 15 is 0 Å². The molecule has 7 aromatic rings. The second kappa shape index (κ2) is 17.8. The zero-order chi connectivity index (χ0) is 42.3. The molecule has 0 fully saturated rings. The van der Waals surface area contributed by atoms with Crippen LogP contribution in [0.1, 0.15) is 58.2 Å². The third kappa shape index (κ3) is 10.5. The molecule has 0 saturated heterocycles. The highest BCUT2D eigenvalue weighted by atomic mass is 16.6. The van der Waals surface area contributed by atoms with Gasteiger partial charge in [-0.2, -0.15) is 4.68 Å². The van der Waals surface area contributed by atoms with Crippen molar-refractivity contribution in [2.45, 2.75) is 65.2 Å². The summed E-state index contributed by atoms with van der Waals surface area (Å²) in [5, 5.41) is 8.43. The van der Waals surface area contributed by atoms with Gasteiger partial charge in [-0.1, -0.05) is 127 Å². The summed E-state index contributed by atoms with van der Waals surface area (Å²) in [5.74, 6) is 0.853. The van der Waals surface area contributed by atoms with Crippen LogP contribution in [0.4, 0.5) is 15.4 Å². The summed E-state index contributed by atoms with van der Waals surface area (Å²) >= 11 is 0. The maximum Gasteiger partial charge on any atom is 0.435 e. The minimum absolute atomic E-state index is 0.155. The lowest BCUT2D eigenvalue weighted by atomic mass is 9.98. The van der Waals surface area contributed by atoms with Gasteiger partial charge < -0.3 is 19.5 Å². The summed E-state index contributed by atoms with van der Waals surface area (Å²) in [6, 6.07) is 46.9. The molecule has 304 valence electrons. The van der Waals surface area contributed by atoms with Crippen LogP contribution in [0.5, 0.6) is 5.75 Å². The Morgan fingerprint density at radius 3 is 1.88 bits per heavy atom. The first-order chi connectivity index (χ1) is 28.8. The van der Waals surface area contributed by atoms with E-state index in [-0.39, 0.29) is 6.61 Å². The van der Waals surface area contributed by atoms with Crippen LogP contribution in [-0.4, -0.2) is 56.5 Å². The number of pyridine rings is 1. The summed E-state index contributed by atoms with van der Waals surface area (Å²) in [4.78, 5) is 36.8. The zero-order valence-electron chi connectivity index (χ0n) is 34.8. The number of ether oxygens (including phenoxy) is 3. The Hall–Kier alpha value is -7.07. The number of alkyl carbamates (subject to hydrolysis) is 1. The van der Waals surface area contributed by atoms with Crippen molar-refractivity contribution < 1.29 is 23.8 Å². The number of carbonyl (C=O) groups is 2. The molecule has 0 saturated carbocycles. The molecule has 0 aliphatic carbocycles. The van der Waals surface area contributed by atoms with Gasteiger partial charge in [-0.15, -0.1) is 5.10 Å². The summed E-state index contributed by atoms with van der Waals surface area (Å²) in [6.45, 7) is 11.1. The first-order valence-corrected chi connectivity index (χ1v) is 20.0. The van der Waals surface area contributed by atoms with E-state index in [1.165, 1.54) is 4.68 Å². The smallest absolute Gasteiger partial charge is 0.435 e. The Morgan fingerprint density at radius 2 is 1.28 bits per heavy atom. The Balaban J connectivity index is 1.33. The average molecular weight is 800 g/mol. The lowest BCUT2D eigenvalue weighted by Crippen LogP contribution is -2.43. The van der Waals surface area contributed by atoms with Crippen LogP contribution in [0, 0.1) is 0 Å². The molecule has 10 heteroatoms. The molecule has 2 heterocycles. The van der Waals surface area contributed by atoms with E-state index in [1.807, 2.05) is 187 Å². The van der Waals surface area contributed by atoms with Gasteiger partial charge in [0.25, 0.3) is 0 Å². The maximum absolute atomic E-state index is 13.7. The van der Waals surface area contributed by atoms with E-state index in [4.69, 9.17) is 29.3 Å². The van der Waals surface area contributed by atoms with E-state index in [0.29, 0.717) is 34.6 Å². The van der Waals surface area contributed by atoms with Gasteiger partial charge in [0.1, 0.15) is 23.6 Å². The monoisotopic (exact) mass is 799 g/mol. The van der Waals surface area contributed by atoms with E-state index < -0.39 is 29.4 Å². The largest absolute Gasteiger partial charge is 0.490 e. The van der Waals surface area contributed by atoms with Gasteiger partial charge in [0.15, 0.2) is 5.82 Å². The molecule has 0 bridgehead atoms. The van der Waals surface area contributed by atoms with Crippen molar-refractivity contribution in [1.82, 2.24) is 20.1 Å². The van der Waals surface area contributed by atoms with Crippen molar-refractivity contribution in [3.63, 3.8) is 0 Å². The molecule has 7 rings (SSSR count). The number of fused-ring (bicyclic) bond motifs is 1. The van der Waals surface area contributed by atoms with Crippen LogP contribution in [0.25, 0.3) is 33.3 Å². The minimum atomic E-state index is -0.753. The topological polar surface area (TPSA) is 117 Å². The summed E-state index contributed by atoms with van der Waals surface area (Å²) in [7, 11) is 0. The van der Waals surface area contributed by atoms with Crippen molar-refractivity contribution in [2.24, 2.45) is 4.99 Å². The molecular formula is C50H49N5O5. The standard InChI is InChI=1S/C50H49N5O5/c1-49(2,3)59-47(56)52-39(29-34-19-11-7-12-20-34)33-58-40-31-41(45(51-32-40)37-25-17-10-18-26-37)38-27-28-43-42(30-38)46(54-55(43)48(57)60-50(4,5)6)53-44(35-21-13-8-14-22-35)36-23-15-9-16-24-36/h7-28,30-32,39H,29,33H2,1-6H3,(H,52,56)/t39-/m1/s1. The molecule has 5 aromatic carbocycles. The molecule has 0 aliphatic heterocycles. The molecule has 1 amide bonds. The van der Waals surface area contributed by atoms with Gasteiger partial charge in [0, 0.05) is 27.6 Å². The van der Waals surface area contributed by atoms with Crippen LogP contribution in [-0.2, 0) is 15.9 Å². The Labute approximate surface area is 350 Å². The van der Waals surface area contributed by atoms with Gasteiger partial charge in [0.05, 0.1) is 29.2 Å².